The van der Waals surface area contributed by atoms with Gasteiger partial charge in [-0.3, -0.25) is 24.2 Å². The highest BCUT2D eigenvalue weighted by atomic mass is 16.2. The van der Waals surface area contributed by atoms with Crippen molar-refractivity contribution in [3.63, 3.8) is 0 Å². The number of hydrogen-bond donors (Lipinski definition) is 2. The second kappa shape index (κ2) is 28.4. The number of hydrazone groups is 1. The van der Waals surface area contributed by atoms with Crippen molar-refractivity contribution in [1.82, 2.24) is 39.6 Å². The summed E-state index contributed by atoms with van der Waals surface area (Å²) in [4.78, 5) is 87.7. The second-order valence-electron chi connectivity index (χ2n) is 22.1. The molecule has 0 saturated heterocycles. The van der Waals surface area contributed by atoms with Gasteiger partial charge in [-0.25, -0.2) is 29.9 Å². The Morgan fingerprint density at radius 1 is 0.600 bits per heavy atom. The number of nitrogens with zero attached hydrogens (tertiary/aromatic N) is 11. The Labute approximate surface area is 501 Å². The molecule has 2 aliphatic heterocycles. The Bertz CT molecular complexity index is 3690. The molecular weight excluding hydrogens is 1060 g/mol. The van der Waals surface area contributed by atoms with Crippen molar-refractivity contribution in [3.05, 3.63) is 152 Å². The lowest BCUT2D eigenvalue weighted by molar-refractivity contribution is -0.128. The first-order valence-corrected chi connectivity index (χ1v) is 29.3. The van der Waals surface area contributed by atoms with Gasteiger partial charge in [-0.15, -0.1) is 0 Å². The summed E-state index contributed by atoms with van der Waals surface area (Å²) in [7, 11) is 7.80. The molecule has 0 saturated carbocycles. The van der Waals surface area contributed by atoms with E-state index in [4.69, 9.17) is 25.7 Å². The Morgan fingerprint density at radius 3 is 1.64 bits per heavy atom. The van der Waals surface area contributed by atoms with Crippen LogP contribution in [0.2, 0.25) is 0 Å². The highest BCUT2D eigenvalue weighted by molar-refractivity contribution is 6.36. The van der Waals surface area contributed by atoms with Gasteiger partial charge in [-0.2, -0.15) is 5.10 Å². The zero-order chi connectivity index (χ0) is 60.9. The monoisotopic (exact) mass is 1140 g/mol. The first-order valence-electron chi connectivity index (χ1n) is 29.3. The third-order valence-electron chi connectivity index (χ3n) is 14.7. The van der Waals surface area contributed by atoms with Gasteiger partial charge in [-0.05, 0) is 140 Å². The molecular formula is C66H77B2N13O4. The van der Waals surface area contributed by atoms with Gasteiger partial charge in [0.2, 0.25) is 11.8 Å². The third kappa shape index (κ3) is 15.8. The van der Waals surface area contributed by atoms with Crippen LogP contribution in [0.3, 0.4) is 0 Å². The van der Waals surface area contributed by atoms with Crippen molar-refractivity contribution in [2.75, 3.05) is 45.6 Å². The second-order valence-corrected chi connectivity index (χ2v) is 22.1. The molecule has 6 aromatic rings. The van der Waals surface area contributed by atoms with Crippen molar-refractivity contribution in [2.24, 2.45) is 20.8 Å². The largest absolute Gasteiger partial charge is 0.387 e. The Hall–Kier alpha value is -9.12. The maximum Gasteiger partial charge on any atom is 0.250 e. The number of rotatable bonds is 23. The Morgan fingerprint density at radius 2 is 1.09 bits per heavy atom. The van der Waals surface area contributed by atoms with Gasteiger partial charge in [0, 0.05) is 104 Å². The Kier molecular flexibility index (Phi) is 20.7. The van der Waals surface area contributed by atoms with E-state index in [0.29, 0.717) is 108 Å². The summed E-state index contributed by atoms with van der Waals surface area (Å²) in [5.41, 5.74) is 21.1. The van der Waals surface area contributed by atoms with Crippen LogP contribution in [-0.4, -0.2) is 138 Å². The molecule has 4 heterocycles. The molecule has 2 aliphatic rings. The van der Waals surface area contributed by atoms with Crippen LogP contribution in [0.4, 0.5) is 17.2 Å². The molecule has 0 unspecified atom stereocenters. The summed E-state index contributed by atoms with van der Waals surface area (Å²) in [6, 6.07) is 23.3. The van der Waals surface area contributed by atoms with E-state index in [9.17, 15) is 19.2 Å². The molecule has 4 aromatic carbocycles. The van der Waals surface area contributed by atoms with E-state index in [0.717, 1.165) is 105 Å². The fourth-order valence-electron chi connectivity index (χ4n) is 10.8. The van der Waals surface area contributed by atoms with Crippen LogP contribution in [0.5, 0.6) is 0 Å². The smallest absolute Gasteiger partial charge is 0.250 e. The normalized spacial score (nSPS) is 13.0. The lowest BCUT2D eigenvalue weighted by Crippen LogP contribution is -2.34. The minimum Gasteiger partial charge on any atom is -0.387 e. The topological polar surface area (TPSA) is 208 Å². The van der Waals surface area contributed by atoms with Gasteiger partial charge in [0.1, 0.15) is 44.8 Å². The van der Waals surface area contributed by atoms with Crippen LogP contribution in [0, 0.1) is 20.8 Å². The molecule has 436 valence electrons. The summed E-state index contributed by atoms with van der Waals surface area (Å²) in [6.45, 7) is 17.4. The van der Waals surface area contributed by atoms with E-state index in [1.54, 1.807) is 17.3 Å². The molecule has 8 rings (SSSR count). The summed E-state index contributed by atoms with van der Waals surface area (Å²) >= 11 is 0. The van der Waals surface area contributed by atoms with Crippen LogP contribution in [0.15, 0.2) is 105 Å². The molecule has 19 heteroatoms. The lowest BCUT2D eigenvalue weighted by atomic mass is 9.85. The number of benzene rings is 4. The van der Waals surface area contributed by atoms with Crippen molar-refractivity contribution in [2.45, 2.75) is 100 Å². The van der Waals surface area contributed by atoms with E-state index >= 15 is 0 Å². The van der Waals surface area contributed by atoms with Crippen LogP contribution in [0.1, 0.15) is 138 Å². The molecule has 0 bridgehead atoms. The molecule has 17 nitrogen and oxygen atoms in total. The fourth-order valence-corrected chi connectivity index (χ4v) is 10.8. The predicted molar refractivity (Wildman–Crippen MR) is 350 cm³/mol. The maximum absolute atomic E-state index is 14.5. The molecule has 0 fully saturated rings. The maximum atomic E-state index is 14.5. The number of carbonyl (C=O) groups is 4. The number of fused-ring (bicyclic) bond motifs is 2. The number of nitrogens with two attached hydrogens (primary N) is 1. The number of anilines is 1. The van der Waals surface area contributed by atoms with Gasteiger partial charge < -0.3 is 25.8 Å². The number of amidine groups is 2. The average Bonchev–Trinajstić information content (AvgIpc) is 2.96. The number of aromatic nitrogens is 4. The van der Waals surface area contributed by atoms with E-state index in [1.807, 2.05) is 144 Å². The van der Waals surface area contributed by atoms with Gasteiger partial charge in [-0.1, -0.05) is 75.0 Å². The van der Waals surface area contributed by atoms with Crippen molar-refractivity contribution in [3.8, 4) is 22.3 Å². The number of aliphatic imine (C=N–C) groups is 2. The average molecular weight is 1140 g/mol. The zero-order valence-corrected chi connectivity index (χ0v) is 51.1. The molecule has 0 radical (unpaired) electrons. The van der Waals surface area contributed by atoms with Crippen molar-refractivity contribution in [1.29, 1.82) is 0 Å². The summed E-state index contributed by atoms with van der Waals surface area (Å²) in [5, 5.41) is 9.91. The van der Waals surface area contributed by atoms with E-state index in [1.165, 1.54) is 0 Å². The summed E-state index contributed by atoms with van der Waals surface area (Å²) < 4.78 is 0. The van der Waals surface area contributed by atoms with Gasteiger partial charge in [0.15, 0.2) is 12.6 Å². The van der Waals surface area contributed by atoms with Crippen LogP contribution >= 0.6 is 0 Å². The number of amides is 2. The van der Waals surface area contributed by atoms with E-state index < -0.39 is 0 Å². The highest BCUT2D eigenvalue weighted by Gasteiger charge is 2.25. The minimum absolute atomic E-state index is 0.0107. The number of aryl methyl sites for hydroxylation is 3. The summed E-state index contributed by atoms with van der Waals surface area (Å²) in [5.74, 6) is 2.59. The van der Waals surface area contributed by atoms with Gasteiger partial charge >= 0.3 is 0 Å². The third-order valence-corrected chi connectivity index (χ3v) is 14.7. The lowest BCUT2D eigenvalue weighted by Gasteiger charge is -2.23. The molecule has 0 atom stereocenters. The Balaban J connectivity index is 1.06. The molecule has 3 N–H and O–H groups in total. The molecule has 2 amide bonds. The number of nitrogens with one attached hydrogen (secondary N) is 1. The highest BCUT2D eigenvalue weighted by Crippen LogP contribution is 2.34. The zero-order valence-electron chi connectivity index (χ0n) is 51.1. The van der Waals surface area contributed by atoms with E-state index in [-0.39, 0.29) is 24.7 Å². The SMILES string of the molecule is Bc1cc(-c2ccc(C=O)c(/C=C\N(C)Cc3nc(C)cc(NC4=Nc5cc(-c6ccc(C=O)c(/C=N\N(C)Cc7nc(C)cc(C)n7)c6)cc(B)c5C=C(C(=O)N(CCC)CCC)C4)n3)c2)cc2c1C=C(C(=O)N(CCC)CCC)CC(N)=N2. The van der Waals surface area contributed by atoms with Crippen molar-refractivity contribution >= 4 is 104 Å². The predicted octanol–water partition coefficient (Wildman–Crippen LogP) is 8.24. The molecule has 85 heavy (non-hydrogen) atoms. The van der Waals surface area contributed by atoms with Crippen LogP contribution < -0.4 is 22.0 Å². The standard InChI is InChI=1S/C66H77B2N13O4/c1-10-19-80(20-11-2)65(84)51-28-54-56(67)30-49(32-58(54)74-60(69)34-51)44-14-16-47(39-82)46(26-44)18-23-78(8)37-63-73-43(7)25-61(77-63)76-62-35-52(66(85)81(21-12-3)22-13-4)29-55-57(68)31-50(33-59(55)75-62)45-15-17-48(40-83)53(27-45)36-70-79(9)38-64-71-41(5)24-42(6)72-64/h14-18,23-33,36,39-40H,10-13,19-22,34-35,37-38,67-68H2,1-9H3,(H2,69,74)(H,73,75,76,77)/b23-18-,70-36-. The number of aldehydes is 2. The fraction of sp³-hybridized carbons (Fsp3) is 0.318. The van der Waals surface area contributed by atoms with Gasteiger partial charge in [0.25, 0.3) is 0 Å². The molecule has 0 aliphatic carbocycles. The minimum atomic E-state index is -0.0393. The van der Waals surface area contributed by atoms with E-state index in [2.05, 4.69) is 60.2 Å². The van der Waals surface area contributed by atoms with Crippen LogP contribution in [0.25, 0.3) is 40.5 Å². The first kappa shape index (κ1) is 61.9. The van der Waals surface area contributed by atoms with Crippen LogP contribution in [-0.2, 0) is 22.7 Å². The number of carbonyl (C=O) groups excluding carboxylic acids is 4. The summed E-state index contributed by atoms with van der Waals surface area (Å²) in [6.07, 6.45) is 15.0. The number of hydrogen-bond acceptors (Lipinski definition) is 15. The van der Waals surface area contributed by atoms with Gasteiger partial charge in [0.05, 0.1) is 30.7 Å². The molecule has 2 aromatic heterocycles. The van der Waals surface area contributed by atoms with Crippen molar-refractivity contribution < 1.29 is 19.2 Å². The first-order chi connectivity index (χ1) is 40.9. The molecule has 0 spiro atoms. The quantitative estimate of drug-likeness (QED) is 0.0269.